The number of hydrogen-bond acceptors (Lipinski definition) is 4. The van der Waals surface area contributed by atoms with E-state index in [9.17, 15) is 19.7 Å². The molecule has 2 rings (SSSR count). The Morgan fingerprint density at radius 1 is 1.27 bits per heavy atom. The molecule has 0 saturated heterocycles. The van der Waals surface area contributed by atoms with Crippen LogP contribution in [-0.2, 0) is 4.79 Å². The highest BCUT2D eigenvalue weighted by Gasteiger charge is 2.28. The summed E-state index contributed by atoms with van der Waals surface area (Å²) in [5.41, 5.74) is -0.390. The van der Waals surface area contributed by atoms with E-state index in [0.717, 1.165) is 0 Å². The lowest BCUT2D eigenvalue weighted by Gasteiger charge is -2.26. The number of carbonyl (C=O) groups is 2. The fourth-order valence-corrected chi connectivity index (χ4v) is 2.77. The van der Waals surface area contributed by atoms with E-state index in [-0.39, 0.29) is 28.2 Å². The molecule has 1 fully saturated rings. The van der Waals surface area contributed by atoms with E-state index in [4.69, 9.17) is 16.7 Å². The highest BCUT2D eigenvalue weighted by Crippen LogP contribution is 2.26. The molecule has 0 spiro atoms. The third kappa shape index (κ3) is 3.73. The average Bonchev–Trinajstić information content (AvgIpc) is 2.47. The number of carbonyl (C=O) groups excluding carboxylic acids is 1. The third-order valence-corrected chi connectivity index (χ3v) is 4.05. The van der Waals surface area contributed by atoms with E-state index < -0.39 is 16.8 Å². The second-order valence-electron chi connectivity index (χ2n) is 5.28. The van der Waals surface area contributed by atoms with Gasteiger partial charge in [0.25, 0.3) is 11.6 Å². The molecule has 0 atom stereocenters. The predicted molar refractivity (Wildman–Crippen MR) is 79.0 cm³/mol. The number of hydrogen-bond donors (Lipinski definition) is 2. The van der Waals surface area contributed by atoms with Crippen LogP contribution in [0.5, 0.6) is 0 Å². The zero-order chi connectivity index (χ0) is 16.3. The highest BCUT2D eigenvalue weighted by atomic mass is 35.5. The largest absolute Gasteiger partial charge is 0.481 e. The number of carboxylic acids is 1. The highest BCUT2D eigenvalue weighted by molar-refractivity contribution is 6.31. The lowest BCUT2D eigenvalue weighted by Crippen LogP contribution is -2.38. The lowest BCUT2D eigenvalue weighted by molar-refractivity contribution is -0.385. The Kier molecular flexibility index (Phi) is 4.97. The SMILES string of the molecule is O=C(NC1CCC(C(=O)O)CC1)c1cc(Cl)ccc1[N+](=O)[O-]. The van der Waals surface area contributed by atoms with Crippen molar-refractivity contribution in [2.75, 3.05) is 0 Å². The molecule has 1 amide bonds. The Balaban J connectivity index is 2.06. The average molecular weight is 327 g/mol. The molecule has 1 aromatic carbocycles. The Hall–Kier alpha value is -2.15. The molecule has 0 radical (unpaired) electrons. The van der Waals surface area contributed by atoms with Gasteiger partial charge in [0.2, 0.25) is 0 Å². The van der Waals surface area contributed by atoms with Crippen LogP contribution in [0.1, 0.15) is 36.0 Å². The van der Waals surface area contributed by atoms with E-state index in [1.54, 1.807) is 0 Å². The van der Waals surface area contributed by atoms with Crippen LogP contribution in [0.2, 0.25) is 5.02 Å². The summed E-state index contributed by atoms with van der Waals surface area (Å²) < 4.78 is 0. The molecular formula is C14H15ClN2O5. The van der Waals surface area contributed by atoms with Crippen molar-refractivity contribution >= 4 is 29.2 Å². The van der Waals surface area contributed by atoms with Gasteiger partial charge in [-0.25, -0.2) is 0 Å². The quantitative estimate of drug-likeness (QED) is 0.653. The first kappa shape index (κ1) is 16.2. The van der Waals surface area contributed by atoms with E-state index in [0.29, 0.717) is 25.7 Å². The van der Waals surface area contributed by atoms with E-state index in [1.165, 1.54) is 18.2 Å². The maximum absolute atomic E-state index is 12.2. The van der Waals surface area contributed by atoms with Gasteiger partial charge in [-0.15, -0.1) is 0 Å². The summed E-state index contributed by atoms with van der Waals surface area (Å²) in [5, 5.41) is 22.9. The molecule has 1 aliphatic carbocycles. The molecule has 0 aromatic heterocycles. The van der Waals surface area contributed by atoms with Crippen molar-refractivity contribution in [3.63, 3.8) is 0 Å². The number of benzene rings is 1. The van der Waals surface area contributed by atoms with Crippen LogP contribution in [-0.4, -0.2) is 27.9 Å². The molecule has 0 aliphatic heterocycles. The second kappa shape index (κ2) is 6.74. The zero-order valence-electron chi connectivity index (χ0n) is 11.6. The number of rotatable bonds is 4. The minimum absolute atomic E-state index is 0.0853. The third-order valence-electron chi connectivity index (χ3n) is 3.81. The van der Waals surface area contributed by atoms with Gasteiger partial charge >= 0.3 is 5.97 Å². The maximum atomic E-state index is 12.2. The van der Waals surface area contributed by atoms with Crippen molar-refractivity contribution in [1.82, 2.24) is 5.32 Å². The summed E-state index contributed by atoms with van der Waals surface area (Å²) in [7, 11) is 0. The van der Waals surface area contributed by atoms with Crippen molar-refractivity contribution in [2.45, 2.75) is 31.7 Å². The summed E-state index contributed by atoms with van der Waals surface area (Å²) in [6.07, 6.45) is 2.05. The van der Waals surface area contributed by atoms with Gasteiger partial charge in [-0.2, -0.15) is 0 Å². The van der Waals surface area contributed by atoms with Gasteiger partial charge in [-0.3, -0.25) is 19.7 Å². The molecule has 1 aliphatic rings. The molecule has 0 unspecified atom stereocenters. The van der Waals surface area contributed by atoms with Gasteiger partial charge in [0, 0.05) is 17.1 Å². The summed E-state index contributed by atoms with van der Waals surface area (Å²) in [4.78, 5) is 33.4. The molecule has 0 heterocycles. The van der Waals surface area contributed by atoms with Crippen LogP contribution < -0.4 is 5.32 Å². The van der Waals surface area contributed by atoms with Crippen molar-refractivity contribution < 1.29 is 19.6 Å². The van der Waals surface area contributed by atoms with Crippen molar-refractivity contribution in [3.05, 3.63) is 38.9 Å². The van der Waals surface area contributed by atoms with Crippen LogP contribution in [0.25, 0.3) is 0 Å². The second-order valence-corrected chi connectivity index (χ2v) is 5.72. The molecule has 2 N–H and O–H groups in total. The standard InChI is InChI=1S/C14H15ClN2O5/c15-9-3-6-12(17(21)22)11(7-9)13(18)16-10-4-1-8(2-5-10)14(19)20/h3,6-8,10H,1-2,4-5H2,(H,16,18)(H,19,20). The molecular weight excluding hydrogens is 312 g/mol. The normalized spacial score (nSPS) is 21.1. The van der Waals surface area contributed by atoms with Crippen LogP contribution in [0.15, 0.2) is 18.2 Å². The Labute approximate surface area is 131 Å². The summed E-state index contributed by atoms with van der Waals surface area (Å²) in [6, 6.07) is 3.63. The van der Waals surface area contributed by atoms with Gasteiger partial charge < -0.3 is 10.4 Å². The Morgan fingerprint density at radius 2 is 1.91 bits per heavy atom. The van der Waals surface area contributed by atoms with Crippen LogP contribution in [0.4, 0.5) is 5.69 Å². The predicted octanol–water partition coefficient (Wildman–Crippen LogP) is 2.62. The number of halogens is 1. The Morgan fingerprint density at radius 3 is 2.45 bits per heavy atom. The Bertz CT molecular complexity index is 611. The number of carboxylic acid groups (broad SMARTS) is 1. The van der Waals surface area contributed by atoms with Crippen LogP contribution in [0, 0.1) is 16.0 Å². The van der Waals surface area contributed by atoms with Gasteiger partial charge in [-0.05, 0) is 37.8 Å². The number of amides is 1. The van der Waals surface area contributed by atoms with Crippen molar-refractivity contribution in [2.24, 2.45) is 5.92 Å². The number of aliphatic carboxylic acids is 1. The topological polar surface area (TPSA) is 110 Å². The van der Waals surface area contributed by atoms with Gasteiger partial charge in [0.15, 0.2) is 0 Å². The minimum Gasteiger partial charge on any atom is -0.481 e. The first-order chi connectivity index (χ1) is 10.4. The number of nitrogens with one attached hydrogen (secondary N) is 1. The van der Waals surface area contributed by atoms with E-state index in [1.807, 2.05) is 0 Å². The summed E-state index contributed by atoms with van der Waals surface area (Å²) in [5.74, 6) is -1.77. The molecule has 1 aromatic rings. The number of nitrogens with zero attached hydrogens (tertiary/aromatic N) is 1. The van der Waals surface area contributed by atoms with E-state index in [2.05, 4.69) is 5.32 Å². The lowest BCUT2D eigenvalue weighted by atomic mass is 9.86. The molecule has 0 bridgehead atoms. The fraction of sp³-hybridized carbons (Fsp3) is 0.429. The van der Waals surface area contributed by atoms with Gasteiger partial charge in [0.05, 0.1) is 10.8 Å². The summed E-state index contributed by atoms with van der Waals surface area (Å²) in [6.45, 7) is 0. The first-order valence-electron chi connectivity index (χ1n) is 6.86. The molecule has 7 nitrogen and oxygen atoms in total. The monoisotopic (exact) mass is 326 g/mol. The van der Waals surface area contributed by atoms with Crippen molar-refractivity contribution in [1.29, 1.82) is 0 Å². The molecule has 118 valence electrons. The minimum atomic E-state index is -0.824. The molecule has 1 saturated carbocycles. The summed E-state index contributed by atoms with van der Waals surface area (Å²) >= 11 is 5.79. The maximum Gasteiger partial charge on any atom is 0.306 e. The first-order valence-corrected chi connectivity index (χ1v) is 7.24. The molecule has 8 heteroatoms. The zero-order valence-corrected chi connectivity index (χ0v) is 12.4. The van der Waals surface area contributed by atoms with E-state index >= 15 is 0 Å². The van der Waals surface area contributed by atoms with Gasteiger partial charge in [-0.1, -0.05) is 11.6 Å². The molecule has 22 heavy (non-hydrogen) atoms. The van der Waals surface area contributed by atoms with Crippen LogP contribution >= 0.6 is 11.6 Å². The fourth-order valence-electron chi connectivity index (χ4n) is 2.60. The number of nitro groups is 1. The van der Waals surface area contributed by atoms with Crippen molar-refractivity contribution in [3.8, 4) is 0 Å². The number of nitro benzene ring substituents is 1. The van der Waals surface area contributed by atoms with Crippen LogP contribution in [0.3, 0.4) is 0 Å². The van der Waals surface area contributed by atoms with Gasteiger partial charge in [0.1, 0.15) is 5.56 Å². The smallest absolute Gasteiger partial charge is 0.306 e.